The van der Waals surface area contributed by atoms with Crippen molar-refractivity contribution in [2.75, 3.05) is 38.1 Å². The zero-order chi connectivity index (χ0) is 21.5. The van der Waals surface area contributed by atoms with Gasteiger partial charge in [-0.25, -0.2) is 4.98 Å². The van der Waals surface area contributed by atoms with Crippen molar-refractivity contribution in [2.24, 2.45) is 0 Å². The first-order valence-electron chi connectivity index (χ1n) is 10.7. The van der Waals surface area contributed by atoms with Crippen LogP contribution in [0.1, 0.15) is 31.2 Å². The SMILES string of the molecule is CN1CCN(c2nc3ccccn3c(=O)c2/C=C2\SC(=S)N(C3CCCC3)C2=O)CC1. The van der Waals surface area contributed by atoms with Gasteiger partial charge in [0.05, 0.1) is 10.5 Å². The van der Waals surface area contributed by atoms with E-state index in [1.807, 2.05) is 18.2 Å². The highest BCUT2D eigenvalue weighted by molar-refractivity contribution is 8.26. The summed E-state index contributed by atoms with van der Waals surface area (Å²) in [5, 5.41) is 0. The Hall–Kier alpha value is -2.23. The second-order valence-corrected chi connectivity index (χ2v) is 10.0. The molecule has 2 aliphatic heterocycles. The monoisotopic (exact) mass is 455 g/mol. The molecular formula is C22H25N5O2S2. The summed E-state index contributed by atoms with van der Waals surface area (Å²) in [5.41, 5.74) is 0.905. The van der Waals surface area contributed by atoms with Crippen molar-refractivity contribution in [1.29, 1.82) is 0 Å². The smallest absolute Gasteiger partial charge is 0.267 e. The minimum atomic E-state index is -0.161. The molecule has 7 nitrogen and oxygen atoms in total. The number of hydrogen-bond acceptors (Lipinski definition) is 7. The number of carbonyl (C=O) groups is 1. The van der Waals surface area contributed by atoms with Crippen molar-refractivity contribution in [1.82, 2.24) is 19.2 Å². The molecule has 9 heteroatoms. The first kappa shape index (κ1) is 20.7. The minimum absolute atomic E-state index is 0.0798. The van der Waals surface area contributed by atoms with Gasteiger partial charge < -0.3 is 9.80 Å². The van der Waals surface area contributed by atoms with Crippen LogP contribution in [-0.2, 0) is 4.79 Å². The zero-order valence-electron chi connectivity index (χ0n) is 17.5. The van der Waals surface area contributed by atoms with Crippen LogP contribution in [0.2, 0.25) is 0 Å². The molecule has 31 heavy (non-hydrogen) atoms. The van der Waals surface area contributed by atoms with Crippen molar-refractivity contribution in [3.8, 4) is 0 Å². The lowest BCUT2D eigenvalue weighted by molar-refractivity contribution is -0.123. The number of pyridine rings is 1. The first-order chi connectivity index (χ1) is 15.0. The molecule has 1 aliphatic carbocycles. The number of anilines is 1. The number of fused-ring (bicyclic) bond motifs is 1. The number of thiocarbonyl (C=S) groups is 1. The van der Waals surface area contributed by atoms with E-state index in [1.54, 1.807) is 21.6 Å². The minimum Gasteiger partial charge on any atom is -0.353 e. The van der Waals surface area contributed by atoms with Gasteiger partial charge in [-0.15, -0.1) is 0 Å². The quantitative estimate of drug-likeness (QED) is 0.521. The molecule has 3 aliphatic rings. The molecule has 0 bridgehead atoms. The molecule has 2 aromatic rings. The maximum absolute atomic E-state index is 13.4. The van der Waals surface area contributed by atoms with Crippen LogP contribution in [0.4, 0.5) is 5.82 Å². The van der Waals surface area contributed by atoms with Gasteiger partial charge in [0.2, 0.25) is 0 Å². The number of likely N-dealkylation sites (N-methyl/N-ethyl adjacent to an activating group) is 1. The van der Waals surface area contributed by atoms with Gasteiger partial charge in [-0.05, 0) is 38.1 Å². The Labute approximate surface area is 190 Å². The van der Waals surface area contributed by atoms with Gasteiger partial charge in [0.15, 0.2) is 0 Å². The van der Waals surface area contributed by atoms with Gasteiger partial charge in [0.1, 0.15) is 15.8 Å². The third-order valence-corrected chi connectivity index (χ3v) is 7.67. The van der Waals surface area contributed by atoms with E-state index in [9.17, 15) is 9.59 Å². The first-order valence-corrected chi connectivity index (χ1v) is 12.0. The summed E-state index contributed by atoms with van der Waals surface area (Å²) < 4.78 is 2.14. The maximum Gasteiger partial charge on any atom is 0.267 e. The van der Waals surface area contributed by atoms with Crippen molar-refractivity contribution < 1.29 is 4.79 Å². The van der Waals surface area contributed by atoms with E-state index in [2.05, 4.69) is 16.8 Å². The van der Waals surface area contributed by atoms with E-state index < -0.39 is 0 Å². The van der Waals surface area contributed by atoms with Crippen LogP contribution in [0.3, 0.4) is 0 Å². The molecule has 4 heterocycles. The maximum atomic E-state index is 13.4. The van der Waals surface area contributed by atoms with E-state index in [0.29, 0.717) is 26.3 Å². The summed E-state index contributed by atoms with van der Waals surface area (Å²) in [6.07, 6.45) is 7.68. The number of aromatic nitrogens is 2. The highest BCUT2D eigenvalue weighted by Crippen LogP contribution is 2.38. The van der Waals surface area contributed by atoms with Crippen LogP contribution in [0.5, 0.6) is 0 Å². The molecule has 3 fully saturated rings. The van der Waals surface area contributed by atoms with Crippen LogP contribution in [0.15, 0.2) is 34.1 Å². The Bertz CT molecular complexity index is 1130. The fourth-order valence-corrected chi connectivity index (χ4v) is 5.95. The molecule has 2 saturated heterocycles. The number of nitrogens with zero attached hydrogens (tertiary/aromatic N) is 5. The van der Waals surface area contributed by atoms with Crippen LogP contribution in [-0.4, -0.2) is 68.7 Å². The highest BCUT2D eigenvalue weighted by atomic mass is 32.2. The highest BCUT2D eigenvalue weighted by Gasteiger charge is 2.38. The third-order valence-electron chi connectivity index (χ3n) is 6.34. The predicted octanol–water partition coefficient (Wildman–Crippen LogP) is 2.59. The summed E-state index contributed by atoms with van der Waals surface area (Å²) in [7, 11) is 2.09. The summed E-state index contributed by atoms with van der Waals surface area (Å²) in [4.78, 5) is 38.2. The second-order valence-electron chi connectivity index (χ2n) is 8.36. The Kier molecular flexibility index (Phi) is 5.58. The van der Waals surface area contributed by atoms with Gasteiger partial charge in [0.25, 0.3) is 11.5 Å². The van der Waals surface area contributed by atoms with E-state index in [-0.39, 0.29) is 17.5 Å². The van der Waals surface area contributed by atoms with Gasteiger partial charge in [0, 0.05) is 38.4 Å². The zero-order valence-corrected chi connectivity index (χ0v) is 19.1. The molecule has 2 aromatic heterocycles. The Morgan fingerprint density at radius 2 is 1.87 bits per heavy atom. The lowest BCUT2D eigenvalue weighted by atomic mass is 10.2. The van der Waals surface area contributed by atoms with Crippen LogP contribution in [0.25, 0.3) is 11.7 Å². The van der Waals surface area contributed by atoms with Gasteiger partial charge in [-0.3, -0.25) is 18.9 Å². The molecule has 1 saturated carbocycles. The molecule has 0 radical (unpaired) electrons. The number of hydrogen-bond donors (Lipinski definition) is 0. The van der Waals surface area contributed by atoms with Gasteiger partial charge in [-0.1, -0.05) is 42.9 Å². The van der Waals surface area contributed by atoms with Gasteiger partial charge in [-0.2, -0.15) is 0 Å². The Morgan fingerprint density at radius 1 is 1.13 bits per heavy atom. The molecule has 5 rings (SSSR count). The molecule has 0 unspecified atom stereocenters. The van der Waals surface area contributed by atoms with Crippen molar-refractivity contribution >= 4 is 51.7 Å². The Balaban J connectivity index is 1.59. The van der Waals surface area contributed by atoms with Crippen molar-refractivity contribution in [2.45, 2.75) is 31.7 Å². The number of amides is 1. The number of rotatable bonds is 3. The fraction of sp³-hybridized carbons (Fsp3) is 0.455. The van der Waals surface area contributed by atoms with Crippen LogP contribution in [0, 0.1) is 0 Å². The fourth-order valence-electron chi connectivity index (χ4n) is 4.56. The number of piperazine rings is 1. The average Bonchev–Trinajstić information content (AvgIpc) is 3.38. The molecule has 0 atom stereocenters. The summed E-state index contributed by atoms with van der Waals surface area (Å²) in [5.74, 6) is 0.569. The topological polar surface area (TPSA) is 61.2 Å². The summed E-state index contributed by atoms with van der Waals surface area (Å²) >= 11 is 6.84. The van der Waals surface area contributed by atoms with E-state index in [1.165, 1.54) is 11.8 Å². The molecule has 0 N–H and O–H groups in total. The van der Waals surface area contributed by atoms with Crippen LogP contribution < -0.4 is 10.5 Å². The van der Waals surface area contributed by atoms with Crippen molar-refractivity contribution in [3.05, 3.63) is 45.2 Å². The number of thioether (sulfide) groups is 1. The second kappa shape index (κ2) is 8.37. The normalized spacial score (nSPS) is 22.4. The molecule has 162 valence electrons. The molecule has 1 amide bonds. The number of carbonyl (C=O) groups excluding carboxylic acids is 1. The Morgan fingerprint density at radius 3 is 2.61 bits per heavy atom. The van der Waals surface area contributed by atoms with E-state index in [0.717, 1.165) is 51.9 Å². The van der Waals surface area contributed by atoms with Crippen molar-refractivity contribution in [3.63, 3.8) is 0 Å². The summed E-state index contributed by atoms with van der Waals surface area (Å²) in [6, 6.07) is 5.72. The molecular weight excluding hydrogens is 430 g/mol. The molecule has 0 spiro atoms. The summed E-state index contributed by atoms with van der Waals surface area (Å²) in [6.45, 7) is 3.38. The lowest BCUT2D eigenvalue weighted by Gasteiger charge is -2.34. The largest absolute Gasteiger partial charge is 0.353 e. The lowest BCUT2D eigenvalue weighted by Crippen LogP contribution is -2.45. The predicted molar refractivity (Wildman–Crippen MR) is 128 cm³/mol. The standard InChI is InChI=1S/C22H25N5O2S2/c1-24-10-12-25(13-11-24)19-16(20(28)26-9-5-4-8-18(26)23-19)14-17-21(29)27(22(30)31-17)15-6-2-3-7-15/h4-5,8-9,14-15H,2-3,6-7,10-13H2,1H3/b17-14-. The third kappa shape index (κ3) is 3.79. The van der Waals surface area contributed by atoms with Gasteiger partial charge >= 0.3 is 0 Å². The average molecular weight is 456 g/mol. The molecule has 0 aromatic carbocycles. The van der Waals surface area contributed by atoms with Crippen LogP contribution >= 0.6 is 24.0 Å². The van der Waals surface area contributed by atoms with E-state index >= 15 is 0 Å². The van der Waals surface area contributed by atoms with E-state index in [4.69, 9.17) is 17.2 Å².